The summed E-state index contributed by atoms with van der Waals surface area (Å²) < 4.78 is 18.2. The van der Waals surface area contributed by atoms with Crippen LogP contribution in [-0.2, 0) is 20.7 Å². The van der Waals surface area contributed by atoms with E-state index in [2.05, 4.69) is 19.2 Å². The number of ether oxygens (including phenoxy) is 1. The van der Waals surface area contributed by atoms with E-state index in [4.69, 9.17) is 4.74 Å². The van der Waals surface area contributed by atoms with Crippen LogP contribution >= 0.6 is 0 Å². The van der Waals surface area contributed by atoms with Crippen molar-refractivity contribution in [3.63, 3.8) is 0 Å². The SMILES string of the molecule is CC(C)c1ccc(NC(=O)[C@@H](C)OC(=O)Cc2cccc(F)c2)cc1. The van der Waals surface area contributed by atoms with Crippen molar-refractivity contribution >= 4 is 17.6 Å². The Hall–Kier alpha value is -2.69. The molecule has 0 fully saturated rings. The molecule has 132 valence electrons. The Kier molecular flexibility index (Phi) is 6.28. The zero-order valence-electron chi connectivity index (χ0n) is 14.6. The molecular formula is C20H22FNO3. The van der Waals surface area contributed by atoms with Gasteiger partial charge in [0.15, 0.2) is 6.10 Å². The number of anilines is 1. The van der Waals surface area contributed by atoms with Gasteiger partial charge in [-0.1, -0.05) is 38.1 Å². The molecule has 0 heterocycles. The van der Waals surface area contributed by atoms with Crippen LogP contribution in [0.5, 0.6) is 0 Å². The Labute approximate surface area is 147 Å². The van der Waals surface area contributed by atoms with Crippen molar-refractivity contribution in [3.05, 3.63) is 65.5 Å². The number of esters is 1. The molecule has 0 saturated carbocycles. The van der Waals surface area contributed by atoms with Gasteiger partial charge in [-0.2, -0.15) is 0 Å². The van der Waals surface area contributed by atoms with Crippen LogP contribution in [0, 0.1) is 5.82 Å². The lowest BCUT2D eigenvalue weighted by molar-refractivity contribution is -0.152. The van der Waals surface area contributed by atoms with Gasteiger partial charge in [-0.05, 0) is 48.2 Å². The molecule has 2 aromatic rings. The van der Waals surface area contributed by atoms with Crippen molar-refractivity contribution in [2.75, 3.05) is 5.32 Å². The van der Waals surface area contributed by atoms with Gasteiger partial charge in [0.05, 0.1) is 6.42 Å². The molecule has 1 atom stereocenters. The first-order chi connectivity index (χ1) is 11.8. The highest BCUT2D eigenvalue weighted by atomic mass is 19.1. The van der Waals surface area contributed by atoms with Crippen LogP contribution in [0.4, 0.5) is 10.1 Å². The van der Waals surface area contributed by atoms with E-state index in [1.807, 2.05) is 24.3 Å². The number of carbonyl (C=O) groups excluding carboxylic acids is 2. The molecule has 1 amide bonds. The Morgan fingerprint density at radius 3 is 2.36 bits per heavy atom. The van der Waals surface area contributed by atoms with Crippen molar-refractivity contribution in [2.24, 2.45) is 0 Å². The van der Waals surface area contributed by atoms with Gasteiger partial charge in [0, 0.05) is 5.69 Å². The molecule has 0 unspecified atom stereocenters. The Morgan fingerprint density at radius 1 is 1.08 bits per heavy atom. The highest BCUT2D eigenvalue weighted by Crippen LogP contribution is 2.17. The van der Waals surface area contributed by atoms with Gasteiger partial charge in [-0.25, -0.2) is 4.39 Å². The fourth-order valence-corrected chi connectivity index (χ4v) is 2.30. The molecule has 0 aliphatic rings. The summed E-state index contributed by atoms with van der Waals surface area (Å²) >= 11 is 0. The first kappa shape index (κ1) is 18.6. The number of benzene rings is 2. The van der Waals surface area contributed by atoms with E-state index in [9.17, 15) is 14.0 Å². The van der Waals surface area contributed by atoms with Gasteiger partial charge >= 0.3 is 5.97 Å². The lowest BCUT2D eigenvalue weighted by Gasteiger charge is -2.14. The topological polar surface area (TPSA) is 55.4 Å². The fourth-order valence-electron chi connectivity index (χ4n) is 2.30. The third kappa shape index (κ3) is 5.71. The third-order valence-electron chi connectivity index (χ3n) is 3.76. The molecule has 0 spiro atoms. The van der Waals surface area contributed by atoms with Gasteiger partial charge in [0.2, 0.25) is 0 Å². The quantitative estimate of drug-likeness (QED) is 0.805. The number of nitrogens with one attached hydrogen (secondary N) is 1. The average Bonchev–Trinajstić information content (AvgIpc) is 2.55. The zero-order valence-corrected chi connectivity index (χ0v) is 14.6. The second kappa shape index (κ2) is 8.42. The highest BCUT2D eigenvalue weighted by molar-refractivity contribution is 5.95. The standard InChI is InChI=1S/C20H22FNO3/c1-13(2)16-7-9-18(10-8-16)22-20(24)14(3)25-19(23)12-15-5-4-6-17(21)11-15/h4-11,13-14H,12H2,1-3H3,(H,22,24)/t14-/m1/s1. The van der Waals surface area contributed by atoms with E-state index in [0.717, 1.165) is 0 Å². The summed E-state index contributed by atoms with van der Waals surface area (Å²) in [6.45, 7) is 5.68. The van der Waals surface area contributed by atoms with E-state index in [0.29, 0.717) is 17.2 Å². The Bertz CT molecular complexity index is 741. The number of halogens is 1. The fraction of sp³-hybridized carbons (Fsp3) is 0.300. The van der Waals surface area contributed by atoms with Gasteiger partial charge in [-0.15, -0.1) is 0 Å². The normalized spacial score (nSPS) is 11.9. The summed E-state index contributed by atoms with van der Waals surface area (Å²) in [5.74, 6) is -0.998. The van der Waals surface area contributed by atoms with E-state index >= 15 is 0 Å². The van der Waals surface area contributed by atoms with Crippen LogP contribution in [0.3, 0.4) is 0 Å². The minimum absolute atomic E-state index is 0.0849. The smallest absolute Gasteiger partial charge is 0.311 e. The average molecular weight is 343 g/mol. The molecule has 4 nitrogen and oxygen atoms in total. The molecule has 2 rings (SSSR count). The van der Waals surface area contributed by atoms with Crippen LogP contribution in [0.25, 0.3) is 0 Å². The van der Waals surface area contributed by atoms with Crippen LogP contribution in [0.2, 0.25) is 0 Å². The molecule has 1 N–H and O–H groups in total. The largest absolute Gasteiger partial charge is 0.452 e. The zero-order chi connectivity index (χ0) is 18.4. The van der Waals surface area contributed by atoms with Crippen LogP contribution in [-0.4, -0.2) is 18.0 Å². The summed E-state index contributed by atoms with van der Waals surface area (Å²) in [5, 5.41) is 2.71. The van der Waals surface area contributed by atoms with Crippen LogP contribution in [0.15, 0.2) is 48.5 Å². The van der Waals surface area contributed by atoms with Crippen molar-refractivity contribution in [3.8, 4) is 0 Å². The molecule has 0 aromatic heterocycles. The maximum Gasteiger partial charge on any atom is 0.311 e. The summed E-state index contributed by atoms with van der Waals surface area (Å²) in [7, 11) is 0. The van der Waals surface area contributed by atoms with E-state index in [-0.39, 0.29) is 6.42 Å². The predicted molar refractivity (Wildman–Crippen MR) is 94.8 cm³/mol. The number of carbonyl (C=O) groups is 2. The molecule has 2 aromatic carbocycles. The lowest BCUT2D eigenvalue weighted by Crippen LogP contribution is -2.30. The number of hydrogen-bond donors (Lipinski definition) is 1. The molecular weight excluding hydrogens is 321 g/mol. The minimum Gasteiger partial charge on any atom is -0.452 e. The second-order valence-corrected chi connectivity index (χ2v) is 6.20. The highest BCUT2D eigenvalue weighted by Gasteiger charge is 2.18. The summed E-state index contributed by atoms with van der Waals surface area (Å²) in [4.78, 5) is 24.0. The van der Waals surface area contributed by atoms with Crippen LogP contribution in [0.1, 0.15) is 37.8 Å². The van der Waals surface area contributed by atoms with Crippen molar-refractivity contribution < 1.29 is 18.7 Å². The van der Waals surface area contributed by atoms with Gasteiger partial charge in [-0.3, -0.25) is 9.59 Å². The first-order valence-electron chi connectivity index (χ1n) is 8.20. The summed E-state index contributed by atoms with van der Waals surface area (Å²) in [6.07, 6.45) is -1.02. The molecule has 0 aliphatic heterocycles. The van der Waals surface area contributed by atoms with E-state index in [1.165, 1.54) is 30.7 Å². The molecule has 25 heavy (non-hydrogen) atoms. The lowest BCUT2D eigenvalue weighted by atomic mass is 10.0. The van der Waals surface area contributed by atoms with Gasteiger partial charge < -0.3 is 10.1 Å². The van der Waals surface area contributed by atoms with E-state index in [1.54, 1.807) is 6.07 Å². The molecule has 0 bridgehead atoms. The van der Waals surface area contributed by atoms with Crippen molar-refractivity contribution in [2.45, 2.75) is 39.2 Å². The monoisotopic (exact) mass is 343 g/mol. The molecule has 5 heteroatoms. The summed E-state index contributed by atoms with van der Waals surface area (Å²) in [5.41, 5.74) is 2.32. The Balaban J connectivity index is 1.87. The first-order valence-corrected chi connectivity index (χ1v) is 8.20. The Morgan fingerprint density at radius 2 is 1.76 bits per heavy atom. The maximum absolute atomic E-state index is 13.1. The predicted octanol–water partition coefficient (Wildman–Crippen LogP) is 4.06. The number of amides is 1. The van der Waals surface area contributed by atoms with Crippen LogP contribution < -0.4 is 5.32 Å². The number of hydrogen-bond acceptors (Lipinski definition) is 3. The van der Waals surface area contributed by atoms with Gasteiger partial charge in [0.1, 0.15) is 5.82 Å². The van der Waals surface area contributed by atoms with Crippen molar-refractivity contribution in [1.82, 2.24) is 0 Å². The minimum atomic E-state index is -0.939. The molecule has 0 aliphatic carbocycles. The molecule has 0 saturated heterocycles. The van der Waals surface area contributed by atoms with Crippen molar-refractivity contribution in [1.29, 1.82) is 0 Å². The summed E-state index contributed by atoms with van der Waals surface area (Å²) in [6, 6.07) is 13.2. The molecule has 0 radical (unpaired) electrons. The number of rotatable bonds is 6. The van der Waals surface area contributed by atoms with Gasteiger partial charge in [0.25, 0.3) is 5.91 Å². The van der Waals surface area contributed by atoms with E-state index < -0.39 is 23.8 Å². The third-order valence-corrected chi connectivity index (χ3v) is 3.76. The maximum atomic E-state index is 13.1. The second-order valence-electron chi connectivity index (χ2n) is 6.20.